The van der Waals surface area contributed by atoms with Crippen LogP contribution in [-0.2, 0) is 11.3 Å². The summed E-state index contributed by atoms with van der Waals surface area (Å²) in [6.07, 6.45) is 0. The lowest BCUT2D eigenvalue weighted by molar-refractivity contribution is 0.178. The molecular weight excluding hydrogens is 197 g/mol. The second-order valence-corrected chi connectivity index (χ2v) is 3.12. The number of nitrogens with zero attached hydrogens (tertiary/aromatic N) is 2. The zero-order valence-corrected chi connectivity index (χ0v) is 8.20. The van der Waals surface area contributed by atoms with E-state index in [1.807, 2.05) is 0 Å². The summed E-state index contributed by atoms with van der Waals surface area (Å²) in [4.78, 5) is 8.19. The molecule has 1 aromatic carbocycles. The Kier molecular flexibility index (Phi) is 2.47. The third kappa shape index (κ3) is 1.87. The highest BCUT2D eigenvalue weighted by atomic mass is 19.1. The maximum Gasteiger partial charge on any atom is 0.157 e. The highest BCUT2D eigenvalue weighted by molar-refractivity contribution is 5.87. The molecule has 78 valence electrons. The molecule has 1 heterocycles. The SMILES string of the molecule is COCc1nc(N)c2cc(F)ccc2n1. The van der Waals surface area contributed by atoms with Crippen LogP contribution in [0, 0.1) is 5.82 Å². The number of hydrogen-bond acceptors (Lipinski definition) is 4. The molecule has 2 N–H and O–H groups in total. The van der Waals surface area contributed by atoms with Crippen molar-refractivity contribution in [3.05, 3.63) is 29.8 Å². The van der Waals surface area contributed by atoms with Crippen LogP contribution >= 0.6 is 0 Å². The molecule has 0 unspecified atom stereocenters. The van der Waals surface area contributed by atoms with Gasteiger partial charge in [0.2, 0.25) is 0 Å². The third-order valence-electron chi connectivity index (χ3n) is 2.01. The molecule has 1 aromatic heterocycles. The van der Waals surface area contributed by atoms with Crippen LogP contribution in [0.3, 0.4) is 0 Å². The first kappa shape index (κ1) is 9.79. The maximum atomic E-state index is 12.9. The number of fused-ring (bicyclic) bond motifs is 1. The van der Waals surface area contributed by atoms with Gasteiger partial charge < -0.3 is 10.5 Å². The maximum absolute atomic E-state index is 12.9. The number of benzene rings is 1. The first-order valence-electron chi connectivity index (χ1n) is 4.41. The van der Waals surface area contributed by atoms with Gasteiger partial charge in [-0.25, -0.2) is 14.4 Å². The van der Waals surface area contributed by atoms with Crippen molar-refractivity contribution in [3.8, 4) is 0 Å². The first-order chi connectivity index (χ1) is 7.20. The van der Waals surface area contributed by atoms with Gasteiger partial charge in [0.1, 0.15) is 18.2 Å². The van der Waals surface area contributed by atoms with Crippen LogP contribution < -0.4 is 5.73 Å². The number of rotatable bonds is 2. The molecule has 0 aliphatic rings. The Morgan fingerprint density at radius 3 is 2.93 bits per heavy atom. The molecule has 0 radical (unpaired) electrons. The summed E-state index contributed by atoms with van der Waals surface area (Å²) >= 11 is 0. The Labute approximate surface area is 85.9 Å². The van der Waals surface area contributed by atoms with Crippen LogP contribution in [0.1, 0.15) is 5.82 Å². The molecule has 0 atom stereocenters. The average molecular weight is 207 g/mol. The van der Waals surface area contributed by atoms with Crippen LogP contribution in [0.5, 0.6) is 0 Å². The zero-order chi connectivity index (χ0) is 10.8. The second kappa shape index (κ2) is 3.78. The Bertz CT molecular complexity index is 501. The minimum atomic E-state index is -0.350. The predicted octanol–water partition coefficient (Wildman–Crippen LogP) is 1.50. The van der Waals surface area contributed by atoms with E-state index in [-0.39, 0.29) is 18.2 Å². The van der Waals surface area contributed by atoms with Crippen molar-refractivity contribution in [1.82, 2.24) is 9.97 Å². The molecule has 0 spiro atoms. The Morgan fingerprint density at radius 2 is 2.20 bits per heavy atom. The van der Waals surface area contributed by atoms with Crippen molar-refractivity contribution in [2.45, 2.75) is 6.61 Å². The largest absolute Gasteiger partial charge is 0.383 e. The fraction of sp³-hybridized carbons (Fsp3) is 0.200. The molecule has 2 aromatic rings. The monoisotopic (exact) mass is 207 g/mol. The molecule has 0 bridgehead atoms. The van der Waals surface area contributed by atoms with Crippen LogP contribution in [-0.4, -0.2) is 17.1 Å². The van der Waals surface area contributed by atoms with Gasteiger partial charge in [0.25, 0.3) is 0 Å². The summed E-state index contributed by atoms with van der Waals surface area (Å²) in [7, 11) is 1.55. The normalized spacial score (nSPS) is 10.8. The summed E-state index contributed by atoms with van der Waals surface area (Å²) in [6, 6.07) is 4.23. The van der Waals surface area contributed by atoms with E-state index in [9.17, 15) is 4.39 Å². The number of nitrogens with two attached hydrogens (primary N) is 1. The number of hydrogen-bond donors (Lipinski definition) is 1. The number of nitrogen functional groups attached to an aromatic ring is 1. The van der Waals surface area contributed by atoms with Gasteiger partial charge >= 0.3 is 0 Å². The van der Waals surface area contributed by atoms with Crippen molar-refractivity contribution in [3.63, 3.8) is 0 Å². The van der Waals surface area contributed by atoms with Gasteiger partial charge in [-0.15, -0.1) is 0 Å². The lowest BCUT2D eigenvalue weighted by Crippen LogP contribution is -2.02. The smallest absolute Gasteiger partial charge is 0.157 e. The fourth-order valence-electron chi connectivity index (χ4n) is 1.37. The lowest BCUT2D eigenvalue weighted by Gasteiger charge is -2.04. The predicted molar refractivity (Wildman–Crippen MR) is 54.6 cm³/mol. The summed E-state index contributed by atoms with van der Waals surface area (Å²) < 4.78 is 17.8. The first-order valence-corrected chi connectivity index (χ1v) is 4.41. The minimum Gasteiger partial charge on any atom is -0.383 e. The molecule has 5 heteroatoms. The van der Waals surface area contributed by atoms with Gasteiger partial charge in [0.05, 0.1) is 5.52 Å². The van der Waals surface area contributed by atoms with E-state index >= 15 is 0 Å². The van der Waals surface area contributed by atoms with Crippen molar-refractivity contribution in [2.75, 3.05) is 12.8 Å². The summed E-state index contributed by atoms with van der Waals surface area (Å²) in [6.45, 7) is 0.289. The number of aromatic nitrogens is 2. The van der Waals surface area contributed by atoms with Crippen LogP contribution in [0.15, 0.2) is 18.2 Å². The highest BCUT2D eigenvalue weighted by Crippen LogP contribution is 2.18. The Hall–Kier alpha value is -1.75. The summed E-state index contributed by atoms with van der Waals surface area (Å²) in [5.41, 5.74) is 6.30. The average Bonchev–Trinajstić information content (AvgIpc) is 2.20. The summed E-state index contributed by atoms with van der Waals surface area (Å²) in [5.74, 6) is 0.415. The standard InChI is InChI=1S/C10H10FN3O/c1-15-5-9-13-8-3-2-6(11)4-7(8)10(12)14-9/h2-4H,5H2,1H3,(H2,12,13,14). The van der Waals surface area contributed by atoms with Crippen molar-refractivity contribution in [2.24, 2.45) is 0 Å². The van der Waals surface area contributed by atoms with E-state index < -0.39 is 0 Å². The molecule has 0 saturated heterocycles. The van der Waals surface area contributed by atoms with E-state index in [1.54, 1.807) is 13.2 Å². The molecule has 0 saturated carbocycles. The van der Waals surface area contributed by atoms with Gasteiger partial charge in [-0.05, 0) is 18.2 Å². The molecule has 0 aliphatic heterocycles. The van der Waals surface area contributed by atoms with Gasteiger partial charge in [0, 0.05) is 12.5 Å². The number of ether oxygens (including phenoxy) is 1. The molecular formula is C10H10FN3O. The van der Waals surface area contributed by atoms with Crippen LogP contribution in [0.2, 0.25) is 0 Å². The third-order valence-corrected chi connectivity index (χ3v) is 2.01. The number of methoxy groups -OCH3 is 1. The lowest BCUT2D eigenvalue weighted by atomic mass is 10.2. The van der Waals surface area contributed by atoms with Gasteiger partial charge in [0.15, 0.2) is 5.82 Å². The highest BCUT2D eigenvalue weighted by Gasteiger charge is 2.05. The molecule has 2 rings (SSSR count). The van der Waals surface area contributed by atoms with E-state index in [2.05, 4.69) is 9.97 Å². The molecule has 0 fully saturated rings. The van der Waals surface area contributed by atoms with Gasteiger partial charge in [-0.2, -0.15) is 0 Å². The number of anilines is 1. The fourth-order valence-corrected chi connectivity index (χ4v) is 1.37. The molecule has 0 aliphatic carbocycles. The van der Waals surface area contributed by atoms with E-state index in [1.165, 1.54) is 12.1 Å². The van der Waals surface area contributed by atoms with Crippen molar-refractivity contribution >= 4 is 16.7 Å². The quantitative estimate of drug-likeness (QED) is 0.810. The Morgan fingerprint density at radius 1 is 1.40 bits per heavy atom. The van der Waals surface area contributed by atoms with Crippen molar-refractivity contribution < 1.29 is 9.13 Å². The van der Waals surface area contributed by atoms with Gasteiger partial charge in [-0.1, -0.05) is 0 Å². The topological polar surface area (TPSA) is 61.0 Å². The Balaban J connectivity index is 2.62. The molecule has 4 nitrogen and oxygen atoms in total. The van der Waals surface area contributed by atoms with Crippen molar-refractivity contribution in [1.29, 1.82) is 0 Å². The number of halogens is 1. The van der Waals surface area contributed by atoms with Crippen LogP contribution in [0.4, 0.5) is 10.2 Å². The second-order valence-electron chi connectivity index (χ2n) is 3.12. The molecule has 15 heavy (non-hydrogen) atoms. The van der Waals surface area contributed by atoms with E-state index in [4.69, 9.17) is 10.5 Å². The van der Waals surface area contributed by atoms with E-state index in [0.29, 0.717) is 16.7 Å². The summed E-state index contributed by atoms with van der Waals surface area (Å²) in [5, 5.41) is 0.523. The van der Waals surface area contributed by atoms with Gasteiger partial charge in [-0.3, -0.25) is 0 Å². The zero-order valence-electron chi connectivity index (χ0n) is 8.20. The van der Waals surface area contributed by atoms with E-state index in [0.717, 1.165) is 0 Å². The molecule has 0 amide bonds. The minimum absolute atomic E-state index is 0.270. The van der Waals surface area contributed by atoms with Crippen LogP contribution in [0.25, 0.3) is 10.9 Å².